The Morgan fingerprint density at radius 3 is 2.78 bits per heavy atom. The van der Waals surface area contributed by atoms with E-state index in [0.29, 0.717) is 43.4 Å². The van der Waals surface area contributed by atoms with E-state index in [1.807, 2.05) is 0 Å². The molecule has 1 aromatic heterocycles. The van der Waals surface area contributed by atoms with Crippen LogP contribution in [0.5, 0.6) is 17.2 Å². The number of aromatic nitrogens is 1. The van der Waals surface area contributed by atoms with Gasteiger partial charge in [-0.2, -0.15) is 0 Å². The lowest BCUT2D eigenvalue weighted by Gasteiger charge is -2.24. The van der Waals surface area contributed by atoms with Crippen LogP contribution in [0, 0.1) is 0 Å². The number of rotatable bonds is 5. The van der Waals surface area contributed by atoms with Crippen LogP contribution in [0.25, 0.3) is 6.08 Å². The molecule has 1 unspecified atom stereocenters. The zero-order valence-corrected chi connectivity index (χ0v) is 20.6. The molecule has 0 saturated heterocycles. The first kappa shape index (κ1) is 23.6. The van der Waals surface area contributed by atoms with Crippen LogP contribution in [0.3, 0.4) is 0 Å². The van der Waals surface area contributed by atoms with Crippen molar-refractivity contribution in [3.63, 3.8) is 0 Å². The maximum atomic E-state index is 13.7. The van der Waals surface area contributed by atoms with Gasteiger partial charge < -0.3 is 18.9 Å². The predicted molar refractivity (Wildman–Crippen MR) is 131 cm³/mol. The normalized spacial score (nSPS) is 16.4. The summed E-state index contributed by atoms with van der Waals surface area (Å²) < 4.78 is 23.4. The van der Waals surface area contributed by atoms with E-state index in [4.69, 9.17) is 18.9 Å². The van der Waals surface area contributed by atoms with Gasteiger partial charge in [0.1, 0.15) is 5.75 Å². The molecule has 2 aromatic carbocycles. The first-order valence-corrected chi connectivity index (χ1v) is 12.0. The highest BCUT2D eigenvalue weighted by Gasteiger charge is 2.34. The van der Waals surface area contributed by atoms with Crippen molar-refractivity contribution < 1.29 is 28.5 Å². The van der Waals surface area contributed by atoms with E-state index in [0.717, 1.165) is 0 Å². The van der Waals surface area contributed by atoms with E-state index in [1.165, 1.54) is 22.8 Å². The van der Waals surface area contributed by atoms with Crippen LogP contribution in [-0.4, -0.2) is 29.9 Å². The summed E-state index contributed by atoms with van der Waals surface area (Å²) in [5, 5.41) is 0. The Kier molecular flexibility index (Phi) is 6.19. The zero-order chi connectivity index (χ0) is 25.4. The number of hydrogen-bond donors (Lipinski definition) is 0. The molecule has 0 aliphatic carbocycles. The molecule has 1 atom stereocenters. The molecule has 0 amide bonds. The summed E-state index contributed by atoms with van der Waals surface area (Å²) in [5.74, 6) is 0.539. The van der Waals surface area contributed by atoms with E-state index < -0.39 is 18.0 Å². The minimum atomic E-state index is -0.760. The van der Waals surface area contributed by atoms with Gasteiger partial charge in [0.05, 0.1) is 28.5 Å². The Labute approximate surface area is 209 Å². The fraction of sp³-hybridized carbons (Fsp3) is 0.231. The molecule has 0 spiro atoms. The topological polar surface area (TPSA) is 105 Å². The third-order valence-corrected chi connectivity index (χ3v) is 6.63. The predicted octanol–water partition coefficient (Wildman–Crippen LogP) is 2.45. The first-order valence-electron chi connectivity index (χ1n) is 11.2. The monoisotopic (exact) mass is 506 g/mol. The number of esters is 2. The summed E-state index contributed by atoms with van der Waals surface area (Å²) in [4.78, 5) is 43.1. The van der Waals surface area contributed by atoms with Gasteiger partial charge in [0.2, 0.25) is 6.79 Å². The number of thiazole rings is 1. The van der Waals surface area contributed by atoms with Gasteiger partial charge in [-0.15, -0.1) is 0 Å². The number of hydrogen-bond acceptors (Lipinski definition) is 9. The number of carbonyl (C=O) groups is 2. The fourth-order valence-corrected chi connectivity index (χ4v) is 5.22. The standard InChI is InChI=1S/C26H22N2O7S/c1-4-32-25(31)22-14(2)27-26-28(23(22)17-8-9-19-20(12-17)34-13-33-19)24(30)21(36-26)11-16-6-5-7-18(10-16)35-15(3)29/h5-12,23H,4,13H2,1-3H3. The number of allylic oxidation sites excluding steroid dienone is 1. The highest BCUT2D eigenvalue weighted by atomic mass is 32.1. The van der Waals surface area contributed by atoms with Crippen LogP contribution >= 0.6 is 11.3 Å². The number of carbonyl (C=O) groups excluding carboxylic acids is 2. The van der Waals surface area contributed by atoms with Gasteiger partial charge in [-0.1, -0.05) is 29.5 Å². The second-order valence-electron chi connectivity index (χ2n) is 8.08. The summed E-state index contributed by atoms with van der Waals surface area (Å²) in [6.45, 7) is 5.07. The zero-order valence-electron chi connectivity index (χ0n) is 19.8. The van der Waals surface area contributed by atoms with Gasteiger partial charge in [0.25, 0.3) is 5.56 Å². The average molecular weight is 507 g/mol. The quantitative estimate of drug-likeness (QED) is 0.387. The minimum Gasteiger partial charge on any atom is -0.463 e. The number of ether oxygens (including phenoxy) is 4. The lowest BCUT2D eigenvalue weighted by atomic mass is 9.95. The molecule has 2 aliphatic rings. The van der Waals surface area contributed by atoms with E-state index in [2.05, 4.69) is 4.99 Å². The number of nitrogens with zero attached hydrogens (tertiary/aromatic N) is 2. The van der Waals surface area contributed by atoms with E-state index in [-0.39, 0.29) is 24.5 Å². The van der Waals surface area contributed by atoms with Crippen LogP contribution in [-0.2, 0) is 14.3 Å². The SMILES string of the molecule is CCOC(=O)C1=C(C)N=c2sc(=Cc3cccc(OC(C)=O)c3)c(=O)n2C1c1ccc2c(c1)OCO2. The highest BCUT2D eigenvalue weighted by Crippen LogP contribution is 2.38. The van der Waals surface area contributed by atoms with Crippen molar-refractivity contribution in [2.24, 2.45) is 4.99 Å². The van der Waals surface area contributed by atoms with Crippen molar-refractivity contribution in [2.75, 3.05) is 13.4 Å². The Hall–Kier alpha value is -4.18. The van der Waals surface area contributed by atoms with Crippen LogP contribution in [0.4, 0.5) is 0 Å². The molecule has 184 valence electrons. The first-order chi connectivity index (χ1) is 17.4. The lowest BCUT2D eigenvalue weighted by Crippen LogP contribution is -2.39. The largest absolute Gasteiger partial charge is 0.463 e. The summed E-state index contributed by atoms with van der Waals surface area (Å²) in [5.41, 5.74) is 1.79. The summed E-state index contributed by atoms with van der Waals surface area (Å²) in [6.07, 6.45) is 1.71. The molecule has 0 bridgehead atoms. The molecule has 10 heteroatoms. The van der Waals surface area contributed by atoms with E-state index >= 15 is 0 Å². The van der Waals surface area contributed by atoms with Crippen LogP contribution < -0.4 is 29.1 Å². The molecule has 9 nitrogen and oxygen atoms in total. The Morgan fingerprint density at radius 2 is 2.00 bits per heavy atom. The van der Waals surface area contributed by atoms with Gasteiger partial charge in [-0.25, -0.2) is 9.79 Å². The maximum Gasteiger partial charge on any atom is 0.338 e. The molecule has 5 rings (SSSR count). The summed E-state index contributed by atoms with van der Waals surface area (Å²) in [6, 6.07) is 11.4. The lowest BCUT2D eigenvalue weighted by molar-refractivity contribution is -0.139. The molecule has 2 aliphatic heterocycles. The molecule has 0 radical (unpaired) electrons. The number of fused-ring (bicyclic) bond motifs is 2. The van der Waals surface area contributed by atoms with Gasteiger partial charge in [0.15, 0.2) is 16.3 Å². The van der Waals surface area contributed by atoms with Crippen molar-refractivity contribution in [1.29, 1.82) is 0 Å². The van der Waals surface area contributed by atoms with Crippen molar-refractivity contribution in [3.05, 3.63) is 84.5 Å². The Bertz CT molecular complexity index is 1600. The van der Waals surface area contributed by atoms with E-state index in [1.54, 1.807) is 62.4 Å². The molecule has 0 saturated carbocycles. The summed E-state index contributed by atoms with van der Waals surface area (Å²) in [7, 11) is 0. The van der Waals surface area contributed by atoms with Crippen molar-refractivity contribution in [2.45, 2.75) is 26.8 Å². The van der Waals surface area contributed by atoms with Crippen LogP contribution in [0.15, 0.2) is 63.5 Å². The highest BCUT2D eigenvalue weighted by molar-refractivity contribution is 7.07. The summed E-state index contributed by atoms with van der Waals surface area (Å²) >= 11 is 1.21. The van der Waals surface area contributed by atoms with Gasteiger partial charge in [0, 0.05) is 6.92 Å². The Balaban J connectivity index is 1.68. The van der Waals surface area contributed by atoms with Gasteiger partial charge in [-0.05, 0) is 55.3 Å². The van der Waals surface area contributed by atoms with Crippen molar-refractivity contribution in [1.82, 2.24) is 4.57 Å². The second-order valence-corrected chi connectivity index (χ2v) is 9.09. The van der Waals surface area contributed by atoms with Crippen molar-refractivity contribution in [3.8, 4) is 17.2 Å². The molecule has 0 N–H and O–H groups in total. The smallest absolute Gasteiger partial charge is 0.338 e. The third kappa shape index (κ3) is 4.31. The average Bonchev–Trinajstić information content (AvgIpc) is 3.42. The Morgan fingerprint density at radius 1 is 1.19 bits per heavy atom. The molecular weight excluding hydrogens is 484 g/mol. The van der Waals surface area contributed by atoms with Crippen LogP contribution in [0.1, 0.15) is 37.9 Å². The molecular formula is C26H22N2O7S. The molecule has 36 heavy (non-hydrogen) atoms. The van der Waals surface area contributed by atoms with Gasteiger partial charge >= 0.3 is 11.9 Å². The number of benzene rings is 2. The molecule has 3 heterocycles. The maximum absolute atomic E-state index is 13.7. The third-order valence-electron chi connectivity index (χ3n) is 5.65. The fourth-order valence-electron chi connectivity index (χ4n) is 4.18. The molecule has 0 fully saturated rings. The van der Waals surface area contributed by atoms with Gasteiger partial charge in [-0.3, -0.25) is 14.2 Å². The minimum absolute atomic E-state index is 0.105. The van der Waals surface area contributed by atoms with Crippen LogP contribution in [0.2, 0.25) is 0 Å². The second kappa shape index (κ2) is 9.46. The van der Waals surface area contributed by atoms with Crippen molar-refractivity contribution >= 4 is 29.4 Å². The molecule has 3 aromatic rings. The van der Waals surface area contributed by atoms with E-state index in [9.17, 15) is 14.4 Å².